The Labute approximate surface area is 51.3 Å². The van der Waals surface area contributed by atoms with Gasteiger partial charge in [-0.25, -0.2) is 0 Å². The molecule has 0 aromatic carbocycles. The van der Waals surface area contributed by atoms with E-state index in [2.05, 4.69) is 0 Å². The van der Waals surface area contributed by atoms with Crippen molar-refractivity contribution in [1.82, 2.24) is 0 Å². The molecule has 2 rings (SSSR count). The minimum absolute atomic E-state index is 1.19. The van der Waals surface area contributed by atoms with Crippen molar-refractivity contribution in [2.45, 2.75) is 38.5 Å². The van der Waals surface area contributed by atoms with Crippen LogP contribution in [0, 0.1) is 11.8 Å². The van der Waals surface area contributed by atoms with E-state index in [9.17, 15) is 0 Å². The minimum atomic E-state index is 1.19. The SMILES string of the molecule is C1CCC2CC2CC1. The summed E-state index contributed by atoms with van der Waals surface area (Å²) in [5.74, 6) is 2.38. The van der Waals surface area contributed by atoms with Crippen LogP contribution in [0.4, 0.5) is 0 Å². The van der Waals surface area contributed by atoms with E-state index in [0.717, 1.165) is 0 Å². The highest BCUT2D eigenvalue weighted by Gasteiger charge is 2.36. The molecule has 2 aliphatic rings. The van der Waals surface area contributed by atoms with Gasteiger partial charge in [0.2, 0.25) is 0 Å². The quantitative estimate of drug-likeness (QED) is 0.449. The highest BCUT2D eigenvalue weighted by Crippen LogP contribution is 2.47. The predicted molar refractivity (Wildman–Crippen MR) is 34.7 cm³/mol. The summed E-state index contributed by atoms with van der Waals surface area (Å²) < 4.78 is 0. The zero-order valence-electron chi connectivity index (χ0n) is 5.40. The molecule has 0 radical (unpaired) electrons. The average molecular weight is 110 g/mol. The van der Waals surface area contributed by atoms with Crippen LogP contribution in [-0.2, 0) is 0 Å². The number of hydrogen-bond acceptors (Lipinski definition) is 0. The molecule has 0 heterocycles. The fraction of sp³-hybridized carbons (Fsp3) is 1.00. The fourth-order valence-electron chi connectivity index (χ4n) is 2.01. The van der Waals surface area contributed by atoms with Gasteiger partial charge < -0.3 is 0 Å². The highest BCUT2D eigenvalue weighted by molar-refractivity contribution is 4.87. The summed E-state index contributed by atoms with van der Waals surface area (Å²) in [6, 6.07) is 0. The lowest BCUT2D eigenvalue weighted by Gasteiger charge is -1.90. The molecule has 0 aromatic rings. The molecule has 2 unspecified atom stereocenters. The van der Waals surface area contributed by atoms with Crippen LogP contribution in [0.25, 0.3) is 0 Å². The van der Waals surface area contributed by atoms with Crippen LogP contribution in [0.2, 0.25) is 0 Å². The Kier molecular flexibility index (Phi) is 1.06. The summed E-state index contributed by atoms with van der Waals surface area (Å²) in [6.45, 7) is 0. The first-order valence-corrected chi connectivity index (χ1v) is 3.97. The van der Waals surface area contributed by atoms with Crippen molar-refractivity contribution in [3.63, 3.8) is 0 Å². The smallest absolute Gasteiger partial charge is 0.0383 e. The van der Waals surface area contributed by atoms with Crippen LogP contribution in [0.5, 0.6) is 0 Å². The van der Waals surface area contributed by atoms with E-state index in [1.807, 2.05) is 0 Å². The molecule has 46 valence electrons. The topological polar surface area (TPSA) is 0 Å². The largest absolute Gasteiger partial charge is 0.0533 e. The van der Waals surface area contributed by atoms with E-state index in [4.69, 9.17) is 0 Å². The molecule has 0 nitrogen and oxygen atoms in total. The molecule has 0 saturated heterocycles. The zero-order valence-corrected chi connectivity index (χ0v) is 5.40. The third-order valence-electron chi connectivity index (χ3n) is 2.72. The summed E-state index contributed by atoms with van der Waals surface area (Å²) in [4.78, 5) is 0. The lowest BCUT2D eigenvalue weighted by Crippen LogP contribution is -1.74. The van der Waals surface area contributed by atoms with E-state index >= 15 is 0 Å². The summed E-state index contributed by atoms with van der Waals surface area (Å²) in [5.41, 5.74) is 0. The third-order valence-corrected chi connectivity index (χ3v) is 2.72. The summed E-state index contributed by atoms with van der Waals surface area (Å²) in [7, 11) is 0. The summed E-state index contributed by atoms with van der Waals surface area (Å²) in [6.07, 6.45) is 9.28. The second-order valence-corrected chi connectivity index (χ2v) is 3.39. The van der Waals surface area contributed by atoms with E-state index in [1.54, 1.807) is 19.3 Å². The van der Waals surface area contributed by atoms with Gasteiger partial charge in [-0.3, -0.25) is 0 Å². The molecule has 0 aliphatic heterocycles. The maximum Gasteiger partial charge on any atom is -0.0383 e. The average Bonchev–Trinajstić information content (AvgIpc) is 2.36. The maximum atomic E-state index is 1.58. The Bertz CT molecular complexity index is 76.0. The van der Waals surface area contributed by atoms with Crippen LogP contribution < -0.4 is 0 Å². The zero-order chi connectivity index (χ0) is 5.40. The molecule has 0 aromatic heterocycles. The van der Waals surface area contributed by atoms with Gasteiger partial charge in [-0.2, -0.15) is 0 Å². The predicted octanol–water partition coefficient (Wildman–Crippen LogP) is 2.59. The van der Waals surface area contributed by atoms with Gasteiger partial charge in [-0.05, 0) is 18.3 Å². The molecule has 2 aliphatic carbocycles. The monoisotopic (exact) mass is 110 g/mol. The summed E-state index contributed by atoms with van der Waals surface area (Å²) in [5, 5.41) is 0. The first kappa shape index (κ1) is 4.84. The van der Waals surface area contributed by atoms with Gasteiger partial charge in [0.15, 0.2) is 0 Å². The molecule has 2 saturated carbocycles. The molecule has 0 spiro atoms. The van der Waals surface area contributed by atoms with Gasteiger partial charge in [-0.15, -0.1) is 0 Å². The molecule has 2 fully saturated rings. The second kappa shape index (κ2) is 1.75. The maximum absolute atomic E-state index is 1.58. The van der Waals surface area contributed by atoms with Crippen molar-refractivity contribution in [2.75, 3.05) is 0 Å². The van der Waals surface area contributed by atoms with Crippen molar-refractivity contribution in [1.29, 1.82) is 0 Å². The van der Waals surface area contributed by atoms with E-state index in [1.165, 1.54) is 31.1 Å². The second-order valence-electron chi connectivity index (χ2n) is 3.39. The molecular weight excluding hydrogens is 96.1 g/mol. The standard InChI is InChI=1S/C8H14/c1-2-4-7-6-8(7)5-3-1/h7-8H,1-6H2. The molecular formula is C8H14. The Morgan fingerprint density at radius 2 is 1.38 bits per heavy atom. The van der Waals surface area contributed by atoms with Crippen LogP contribution >= 0.6 is 0 Å². The van der Waals surface area contributed by atoms with E-state index in [0.29, 0.717) is 0 Å². The molecule has 2 atom stereocenters. The van der Waals surface area contributed by atoms with Crippen LogP contribution in [0.3, 0.4) is 0 Å². The first-order chi connectivity index (χ1) is 3.97. The normalized spacial score (nSPS) is 45.0. The van der Waals surface area contributed by atoms with Crippen molar-refractivity contribution in [3.8, 4) is 0 Å². The fourth-order valence-corrected chi connectivity index (χ4v) is 2.01. The van der Waals surface area contributed by atoms with Gasteiger partial charge in [0.05, 0.1) is 0 Å². The highest BCUT2D eigenvalue weighted by atomic mass is 14.4. The lowest BCUT2D eigenvalue weighted by atomic mass is 10.2. The Balaban J connectivity index is 1.89. The van der Waals surface area contributed by atoms with Gasteiger partial charge in [0, 0.05) is 0 Å². The molecule has 0 bridgehead atoms. The van der Waals surface area contributed by atoms with Crippen molar-refractivity contribution in [2.24, 2.45) is 11.8 Å². The molecule has 0 amide bonds. The van der Waals surface area contributed by atoms with Gasteiger partial charge in [0.25, 0.3) is 0 Å². The lowest BCUT2D eigenvalue weighted by molar-refractivity contribution is 0.644. The van der Waals surface area contributed by atoms with Crippen molar-refractivity contribution >= 4 is 0 Å². The first-order valence-electron chi connectivity index (χ1n) is 3.97. The van der Waals surface area contributed by atoms with Gasteiger partial charge >= 0.3 is 0 Å². The Morgan fingerprint density at radius 3 is 2.00 bits per heavy atom. The van der Waals surface area contributed by atoms with Gasteiger partial charge in [-0.1, -0.05) is 32.1 Å². The van der Waals surface area contributed by atoms with Crippen LogP contribution in [0.1, 0.15) is 38.5 Å². The molecule has 8 heavy (non-hydrogen) atoms. The van der Waals surface area contributed by atoms with E-state index < -0.39 is 0 Å². The minimum Gasteiger partial charge on any atom is -0.0533 e. The molecule has 0 N–H and O–H groups in total. The number of hydrogen-bond donors (Lipinski definition) is 0. The number of rotatable bonds is 0. The Hall–Kier alpha value is 0. The van der Waals surface area contributed by atoms with E-state index in [-0.39, 0.29) is 0 Å². The number of fused-ring (bicyclic) bond motifs is 1. The van der Waals surface area contributed by atoms with Crippen molar-refractivity contribution < 1.29 is 0 Å². The summed E-state index contributed by atoms with van der Waals surface area (Å²) >= 11 is 0. The van der Waals surface area contributed by atoms with Crippen LogP contribution in [0.15, 0.2) is 0 Å². The Morgan fingerprint density at radius 1 is 0.750 bits per heavy atom. The van der Waals surface area contributed by atoms with Gasteiger partial charge in [0.1, 0.15) is 0 Å². The molecule has 0 heteroatoms. The van der Waals surface area contributed by atoms with Crippen LogP contribution in [-0.4, -0.2) is 0 Å². The van der Waals surface area contributed by atoms with Crippen molar-refractivity contribution in [3.05, 3.63) is 0 Å². The third kappa shape index (κ3) is 0.765.